The number of carbonyl (C=O) groups excluding carboxylic acids is 1. The number of halogens is 3. The molecule has 0 fully saturated rings. The largest absolute Gasteiger partial charge is 0.308 e. The summed E-state index contributed by atoms with van der Waals surface area (Å²) >= 11 is 11.7. The third-order valence-corrected chi connectivity index (χ3v) is 5.59. The molecule has 0 saturated heterocycles. The second-order valence-electron chi connectivity index (χ2n) is 4.43. The zero-order chi connectivity index (χ0) is 14.9. The van der Waals surface area contributed by atoms with Gasteiger partial charge in [0, 0.05) is 6.54 Å². The predicted molar refractivity (Wildman–Crippen MR) is 91.6 cm³/mol. The zero-order valence-corrected chi connectivity index (χ0v) is 16.4. The number of hydrogen-bond acceptors (Lipinski definition) is 4. The van der Waals surface area contributed by atoms with Crippen molar-refractivity contribution in [2.75, 3.05) is 20.6 Å². The van der Waals surface area contributed by atoms with Crippen LogP contribution in [0.25, 0.3) is 0 Å². The molecule has 2 rings (SSSR count). The third kappa shape index (κ3) is 3.59. The number of nitrogens with zero attached hydrogens (tertiary/aromatic N) is 3. The summed E-state index contributed by atoms with van der Waals surface area (Å²) < 4.78 is 4.20. The summed E-state index contributed by atoms with van der Waals surface area (Å²) in [5.74, 6) is -0.0399. The van der Waals surface area contributed by atoms with E-state index >= 15 is 0 Å². The molecular weight excluding hydrogens is 474 g/mol. The molecule has 20 heavy (non-hydrogen) atoms. The van der Waals surface area contributed by atoms with E-state index in [4.69, 9.17) is 0 Å². The minimum absolute atomic E-state index is 0.0399. The summed E-state index contributed by atoms with van der Waals surface area (Å²) in [7, 11) is 3.99. The van der Waals surface area contributed by atoms with Crippen LogP contribution in [0.4, 0.5) is 0 Å². The van der Waals surface area contributed by atoms with E-state index in [1.165, 1.54) is 11.3 Å². The van der Waals surface area contributed by atoms with Crippen LogP contribution in [0.15, 0.2) is 24.3 Å². The van der Waals surface area contributed by atoms with Crippen molar-refractivity contribution >= 4 is 64.9 Å². The van der Waals surface area contributed by atoms with Crippen LogP contribution in [0.2, 0.25) is 0 Å². The molecule has 0 aliphatic carbocycles. The maximum atomic E-state index is 12.7. The van der Waals surface area contributed by atoms with Crippen molar-refractivity contribution in [2.24, 2.45) is 0 Å². The van der Waals surface area contributed by atoms with Crippen LogP contribution in [-0.2, 0) is 6.54 Å². The number of likely N-dealkylation sites (N-methyl/N-ethyl adjacent to an activating group) is 1. The van der Waals surface area contributed by atoms with E-state index in [-0.39, 0.29) is 5.78 Å². The molecule has 0 unspecified atom stereocenters. The van der Waals surface area contributed by atoms with Gasteiger partial charge in [-0.1, -0.05) is 0 Å². The second kappa shape index (κ2) is 6.83. The summed E-state index contributed by atoms with van der Waals surface area (Å²) in [4.78, 5) is 14.7. The molecule has 2 aromatic rings. The molecule has 4 nitrogen and oxygen atoms in total. The molecule has 0 spiro atoms. The highest BCUT2D eigenvalue weighted by Gasteiger charge is 2.22. The van der Waals surface area contributed by atoms with Crippen molar-refractivity contribution in [2.45, 2.75) is 6.54 Å². The van der Waals surface area contributed by atoms with Crippen LogP contribution in [0.5, 0.6) is 0 Å². The Balaban J connectivity index is 2.34. The van der Waals surface area contributed by atoms with Gasteiger partial charge in [0.05, 0.1) is 30.4 Å². The molecular formula is C12H12Br3N3OS. The Morgan fingerprint density at radius 2 is 2.10 bits per heavy atom. The van der Waals surface area contributed by atoms with Gasteiger partial charge in [-0.15, -0.1) is 11.3 Å². The first-order chi connectivity index (χ1) is 9.40. The molecule has 0 N–H and O–H groups in total. The van der Waals surface area contributed by atoms with E-state index in [0.717, 1.165) is 18.6 Å². The number of carbonyl (C=O) groups is 1. The van der Waals surface area contributed by atoms with Crippen LogP contribution in [0.1, 0.15) is 16.1 Å². The van der Waals surface area contributed by atoms with Gasteiger partial charge in [0.1, 0.15) is 5.69 Å². The molecule has 0 radical (unpaired) electrons. The van der Waals surface area contributed by atoms with Gasteiger partial charge in [0.25, 0.3) is 0 Å². The highest BCUT2D eigenvalue weighted by Crippen LogP contribution is 2.34. The molecule has 0 saturated carbocycles. The van der Waals surface area contributed by atoms with Gasteiger partial charge >= 0.3 is 0 Å². The topological polar surface area (TPSA) is 38.1 Å². The zero-order valence-electron chi connectivity index (χ0n) is 10.9. The standard InChI is InChI=1S/C12H12Br3N3OS/c1-17(2)3-4-18-10(8(13)6-16-18)11(19)7-5-9(14)20-12(7)15/h5-6H,3-4H2,1-2H3. The van der Waals surface area contributed by atoms with E-state index in [0.29, 0.717) is 17.8 Å². The van der Waals surface area contributed by atoms with Crippen molar-refractivity contribution in [1.29, 1.82) is 0 Å². The lowest BCUT2D eigenvalue weighted by atomic mass is 10.1. The van der Waals surface area contributed by atoms with Crippen molar-refractivity contribution in [3.05, 3.63) is 35.6 Å². The van der Waals surface area contributed by atoms with Gasteiger partial charge in [-0.2, -0.15) is 5.10 Å². The van der Waals surface area contributed by atoms with Gasteiger partial charge in [-0.3, -0.25) is 9.48 Å². The lowest BCUT2D eigenvalue weighted by Gasteiger charge is -2.11. The predicted octanol–water partition coefficient (Wildman–Crippen LogP) is 4.02. The van der Waals surface area contributed by atoms with E-state index in [1.54, 1.807) is 10.9 Å². The lowest BCUT2D eigenvalue weighted by Crippen LogP contribution is -2.21. The minimum atomic E-state index is -0.0399. The molecule has 108 valence electrons. The van der Waals surface area contributed by atoms with Crippen LogP contribution in [-0.4, -0.2) is 41.1 Å². The fourth-order valence-electron chi connectivity index (χ4n) is 1.68. The van der Waals surface area contributed by atoms with Crippen LogP contribution < -0.4 is 0 Å². The molecule has 0 aromatic carbocycles. The number of aromatic nitrogens is 2. The molecule has 2 heterocycles. The fraction of sp³-hybridized carbons (Fsp3) is 0.333. The Kier molecular flexibility index (Phi) is 5.58. The molecule has 2 aromatic heterocycles. The second-order valence-corrected chi connectivity index (χ2v) is 9.04. The van der Waals surface area contributed by atoms with E-state index in [9.17, 15) is 4.79 Å². The van der Waals surface area contributed by atoms with Gasteiger partial charge in [0.2, 0.25) is 5.78 Å². The smallest absolute Gasteiger partial charge is 0.214 e. The summed E-state index contributed by atoms with van der Waals surface area (Å²) in [5, 5.41) is 4.27. The Bertz CT molecular complexity index is 636. The van der Waals surface area contributed by atoms with Gasteiger partial charge in [-0.05, 0) is 68.0 Å². The first-order valence-corrected chi connectivity index (χ1v) is 8.95. The van der Waals surface area contributed by atoms with Gasteiger partial charge in [-0.25, -0.2) is 0 Å². The third-order valence-electron chi connectivity index (χ3n) is 2.67. The molecule has 0 atom stereocenters. The quantitative estimate of drug-likeness (QED) is 0.600. The Morgan fingerprint density at radius 1 is 1.40 bits per heavy atom. The highest BCUT2D eigenvalue weighted by atomic mass is 79.9. The Labute approximate surface area is 146 Å². The first-order valence-electron chi connectivity index (χ1n) is 5.75. The number of hydrogen-bond donors (Lipinski definition) is 0. The number of thiophene rings is 1. The summed E-state index contributed by atoms with van der Waals surface area (Å²) in [6, 6.07) is 1.83. The monoisotopic (exact) mass is 483 g/mol. The van der Waals surface area contributed by atoms with E-state index in [2.05, 4.69) is 57.8 Å². The van der Waals surface area contributed by atoms with Crippen LogP contribution in [0.3, 0.4) is 0 Å². The molecule has 0 aliphatic heterocycles. The number of ketones is 1. The normalized spacial score (nSPS) is 11.3. The van der Waals surface area contributed by atoms with Gasteiger partial charge < -0.3 is 4.90 Å². The average molecular weight is 486 g/mol. The van der Waals surface area contributed by atoms with Crippen molar-refractivity contribution in [3.63, 3.8) is 0 Å². The maximum absolute atomic E-state index is 12.7. The SMILES string of the molecule is CN(C)CCn1ncc(Br)c1C(=O)c1cc(Br)sc1Br. The minimum Gasteiger partial charge on any atom is -0.308 e. The van der Waals surface area contributed by atoms with Crippen LogP contribution >= 0.6 is 59.1 Å². The average Bonchev–Trinajstić information content (AvgIpc) is 2.89. The lowest BCUT2D eigenvalue weighted by molar-refractivity contribution is 0.102. The molecule has 0 amide bonds. The molecule has 0 bridgehead atoms. The summed E-state index contributed by atoms with van der Waals surface area (Å²) in [6.07, 6.45) is 1.66. The van der Waals surface area contributed by atoms with Crippen LogP contribution in [0, 0.1) is 0 Å². The number of rotatable bonds is 5. The molecule has 8 heteroatoms. The first kappa shape index (κ1) is 16.4. The van der Waals surface area contributed by atoms with Crippen molar-refractivity contribution in [1.82, 2.24) is 14.7 Å². The summed E-state index contributed by atoms with van der Waals surface area (Å²) in [5.41, 5.74) is 1.23. The fourth-order valence-corrected chi connectivity index (χ4v) is 4.94. The molecule has 0 aliphatic rings. The van der Waals surface area contributed by atoms with Crippen molar-refractivity contribution in [3.8, 4) is 0 Å². The van der Waals surface area contributed by atoms with E-state index < -0.39 is 0 Å². The van der Waals surface area contributed by atoms with Gasteiger partial charge in [0.15, 0.2) is 0 Å². The Hall–Kier alpha value is -0.0200. The maximum Gasteiger partial charge on any atom is 0.214 e. The van der Waals surface area contributed by atoms with E-state index in [1.807, 2.05) is 20.2 Å². The Morgan fingerprint density at radius 3 is 2.65 bits per heavy atom. The van der Waals surface area contributed by atoms with Crippen molar-refractivity contribution < 1.29 is 4.79 Å². The highest BCUT2D eigenvalue weighted by molar-refractivity contribution is 9.12. The summed E-state index contributed by atoms with van der Waals surface area (Å²) in [6.45, 7) is 1.49.